The van der Waals surface area contributed by atoms with Crippen LogP contribution >= 0.6 is 0 Å². The summed E-state index contributed by atoms with van der Waals surface area (Å²) in [5, 5.41) is 10.3. The fraction of sp³-hybridized carbons (Fsp3) is 0.156. The van der Waals surface area contributed by atoms with Crippen LogP contribution in [0.2, 0.25) is 0 Å². The Balaban J connectivity index is 1.30. The van der Waals surface area contributed by atoms with E-state index in [1.807, 2.05) is 60.7 Å². The van der Waals surface area contributed by atoms with Crippen LogP contribution in [0.25, 0.3) is 17.1 Å². The van der Waals surface area contributed by atoms with E-state index in [2.05, 4.69) is 20.7 Å². The topological polar surface area (TPSA) is 109 Å². The Morgan fingerprint density at radius 3 is 1.74 bits per heavy atom. The lowest BCUT2D eigenvalue weighted by atomic mass is 10.1. The first-order chi connectivity index (χ1) is 20.5. The zero-order valence-corrected chi connectivity index (χ0v) is 23.5. The highest BCUT2D eigenvalue weighted by molar-refractivity contribution is 5.99. The Kier molecular flexibility index (Phi) is 8.83. The van der Waals surface area contributed by atoms with E-state index in [1.165, 1.54) is 0 Å². The Labute approximate surface area is 243 Å². The van der Waals surface area contributed by atoms with Crippen molar-refractivity contribution in [2.75, 3.05) is 38.6 Å². The number of urea groups is 1. The number of hydrogen-bond donors (Lipinski definition) is 2. The second-order valence-electron chi connectivity index (χ2n) is 9.16. The maximum atomic E-state index is 12.5. The molecule has 0 aliphatic heterocycles. The molecule has 0 saturated carbocycles. The summed E-state index contributed by atoms with van der Waals surface area (Å²) in [6, 6.07) is 29.7. The first-order valence-electron chi connectivity index (χ1n) is 13.2. The third-order valence-corrected chi connectivity index (χ3v) is 6.43. The summed E-state index contributed by atoms with van der Waals surface area (Å²) < 4.78 is 23.4. The number of ether oxygens (including phenoxy) is 4. The highest BCUT2D eigenvalue weighted by atomic mass is 16.5. The normalized spacial score (nSPS) is 10.5. The molecule has 2 N–H and O–H groups in total. The molecule has 1 aromatic heterocycles. The SMILES string of the molecule is COc1ccc(CCOc2nc(-c3ccc(OC)cc3)n(-c3ccc(NC(=O)Nc4ccc(OC)cc4)cc3)n2)cc1. The smallest absolute Gasteiger partial charge is 0.336 e. The molecule has 42 heavy (non-hydrogen) atoms. The van der Waals surface area contributed by atoms with E-state index in [9.17, 15) is 4.79 Å². The van der Waals surface area contributed by atoms with Gasteiger partial charge in [0.15, 0.2) is 5.82 Å². The van der Waals surface area contributed by atoms with E-state index in [0.29, 0.717) is 36.0 Å². The number of nitrogens with one attached hydrogen (secondary N) is 2. The lowest BCUT2D eigenvalue weighted by Crippen LogP contribution is -2.19. The molecule has 0 aliphatic rings. The molecule has 0 atom stereocenters. The van der Waals surface area contributed by atoms with E-state index in [-0.39, 0.29) is 12.0 Å². The number of carbonyl (C=O) groups excluding carboxylic acids is 1. The molecule has 0 radical (unpaired) electrons. The lowest BCUT2D eigenvalue weighted by molar-refractivity contribution is 0.262. The quantitative estimate of drug-likeness (QED) is 0.196. The molecular weight excluding hydrogens is 534 g/mol. The molecule has 2 amide bonds. The molecule has 0 fully saturated rings. The molecule has 5 rings (SSSR count). The minimum Gasteiger partial charge on any atom is -0.497 e. The van der Waals surface area contributed by atoms with Crippen LogP contribution in [-0.4, -0.2) is 48.7 Å². The average Bonchev–Trinajstić information content (AvgIpc) is 3.46. The number of aromatic nitrogens is 3. The van der Waals surface area contributed by atoms with Crippen molar-refractivity contribution >= 4 is 17.4 Å². The Bertz CT molecular complexity index is 1600. The minimum atomic E-state index is -0.361. The first-order valence-corrected chi connectivity index (χ1v) is 13.2. The zero-order valence-electron chi connectivity index (χ0n) is 23.5. The molecule has 10 nitrogen and oxygen atoms in total. The van der Waals surface area contributed by atoms with Gasteiger partial charge in [-0.15, -0.1) is 5.10 Å². The van der Waals surface area contributed by atoms with Crippen LogP contribution in [0, 0.1) is 0 Å². The van der Waals surface area contributed by atoms with Crippen LogP contribution in [0.15, 0.2) is 97.1 Å². The van der Waals surface area contributed by atoms with E-state index in [1.54, 1.807) is 62.4 Å². The summed E-state index contributed by atoms with van der Waals surface area (Å²) in [6.45, 7) is 0.407. The minimum absolute atomic E-state index is 0.260. The predicted molar refractivity (Wildman–Crippen MR) is 161 cm³/mol. The van der Waals surface area contributed by atoms with Gasteiger partial charge >= 0.3 is 12.0 Å². The number of methoxy groups -OCH3 is 3. The molecule has 214 valence electrons. The monoisotopic (exact) mass is 565 g/mol. The Morgan fingerprint density at radius 2 is 1.19 bits per heavy atom. The summed E-state index contributed by atoms with van der Waals surface area (Å²) in [7, 11) is 4.86. The molecule has 1 heterocycles. The maximum Gasteiger partial charge on any atom is 0.336 e. The fourth-order valence-electron chi connectivity index (χ4n) is 4.17. The molecule has 0 aliphatic carbocycles. The van der Waals surface area contributed by atoms with Crippen molar-refractivity contribution < 1.29 is 23.7 Å². The first kappa shape index (κ1) is 28.0. The van der Waals surface area contributed by atoms with Gasteiger partial charge < -0.3 is 29.6 Å². The molecule has 0 bridgehead atoms. The average molecular weight is 566 g/mol. The van der Waals surface area contributed by atoms with Crippen molar-refractivity contribution in [1.29, 1.82) is 0 Å². The summed E-state index contributed by atoms with van der Waals surface area (Å²) >= 11 is 0. The van der Waals surface area contributed by atoms with Crippen LogP contribution in [0.5, 0.6) is 23.3 Å². The van der Waals surface area contributed by atoms with Gasteiger partial charge in [-0.1, -0.05) is 12.1 Å². The van der Waals surface area contributed by atoms with Crippen molar-refractivity contribution in [3.63, 3.8) is 0 Å². The van der Waals surface area contributed by atoms with E-state index < -0.39 is 0 Å². The molecule has 5 aromatic rings. The van der Waals surface area contributed by atoms with Crippen molar-refractivity contribution in [3.8, 4) is 40.3 Å². The van der Waals surface area contributed by atoms with Crippen LogP contribution < -0.4 is 29.6 Å². The van der Waals surface area contributed by atoms with E-state index >= 15 is 0 Å². The van der Waals surface area contributed by atoms with Crippen LogP contribution in [0.4, 0.5) is 16.2 Å². The number of carbonyl (C=O) groups is 1. The van der Waals surface area contributed by atoms with Crippen LogP contribution in [0.1, 0.15) is 5.56 Å². The Morgan fingerprint density at radius 1 is 0.690 bits per heavy atom. The number of hydrogen-bond acceptors (Lipinski definition) is 7. The number of nitrogens with zero attached hydrogens (tertiary/aromatic N) is 3. The maximum absolute atomic E-state index is 12.5. The summed E-state index contributed by atoms with van der Waals surface area (Å²) in [5.41, 5.74) is 3.97. The number of anilines is 2. The standard InChI is InChI=1S/C32H31N5O5/c1-39-27-14-4-22(5-15-27)20-21-42-32-35-30(23-6-16-28(40-2)17-7-23)37(36-32)26-12-8-24(9-13-26)33-31(38)34-25-10-18-29(41-3)19-11-25/h4-19H,20-21H2,1-3H3,(H2,33,34,38). The number of benzene rings is 4. The number of amides is 2. The van der Waals surface area contributed by atoms with Gasteiger partial charge in [0, 0.05) is 23.4 Å². The van der Waals surface area contributed by atoms with Crippen LogP contribution in [0.3, 0.4) is 0 Å². The van der Waals surface area contributed by atoms with Crippen LogP contribution in [-0.2, 0) is 6.42 Å². The molecule has 0 spiro atoms. The van der Waals surface area contributed by atoms with Gasteiger partial charge in [-0.05, 0) is 90.5 Å². The van der Waals surface area contributed by atoms with Gasteiger partial charge in [0.2, 0.25) is 0 Å². The van der Waals surface area contributed by atoms with Gasteiger partial charge in [0.1, 0.15) is 17.2 Å². The van der Waals surface area contributed by atoms with E-state index in [0.717, 1.165) is 28.3 Å². The lowest BCUT2D eigenvalue weighted by Gasteiger charge is -2.10. The molecule has 0 unspecified atom stereocenters. The molecule has 0 saturated heterocycles. The largest absolute Gasteiger partial charge is 0.497 e. The van der Waals surface area contributed by atoms with Gasteiger partial charge in [-0.2, -0.15) is 4.98 Å². The third-order valence-electron chi connectivity index (χ3n) is 6.43. The van der Waals surface area contributed by atoms with Gasteiger partial charge in [-0.25, -0.2) is 9.48 Å². The van der Waals surface area contributed by atoms with Crippen molar-refractivity contribution in [2.24, 2.45) is 0 Å². The summed E-state index contributed by atoms with van der Waals surface area (Å²) in [4.78, 5) is 17.2. The van der Waals surface area contributed by atoms with E-state index in [4.69, 9.17) is 18.9 Å². The highest BCUT2D eigenvalue weighted by Crippen LogP contribution is 2.26. The number of rotatable bonds is 11. The second-order valence-corrected chi connectivity index (χ2v) is 9.16. The molecular formula is C32H31N5O5. The van der Waals surface area contributed by atoms with Crippen molar-refractivity contribution in [1.82, 2.24) is 14.8 Å². The fourth-order valence-corrected chi connectivity index (χ4v) is 4.17. The van der Waals surface area contributed by atoms with Gasteiger partial charge in [0.25, 0.3) is 0 Å². The van der Waals surface area contributed by atoms with Gasteiger partial charge in [-0.3, -0.25) is 0 Å². The highest BCUT2D eigenvalue weighted by Gasteiger charge is 2.16. The third kappa shape index (κ3) is 6.97. The van der Waals surface area contributed by atoms with Gasteiger partial charge in [0.05, 0.1) is 33.6 Å². The Hall–Kier alpha value is -5.51. The molecule has 4 aromatic carbocycles. The van der Waals surface area contributed by atoms with Crippen molar-refractivity contribution in [2.45, 2.75) is 6.42 Å². The van der Waals surface area contributed by atoms with Crippen molar-refractivity contribution in [3.05, 3.63) is 103 Å². The second kappa shape index (κ2) is 13.2. The molecule has 10 heteroatoms. The summed E-state index contributed by atoms with van der Waals surface area (Å²) in [6.07, 6.45) is 0.690. The zero-order chi connectivity index (χ0) is 29.3. The predicted octanol–water partition coefficient (Wildman–Crippen LogP) is 6.23. The summed E-state index contributed by atoms with van der Waals surface area (Å²) in [5.74, 6) is 2.87.